The van der Waals surface area contributed by atoms with Gasteiger partial charge in [0.15, 0.2) is 0 Å². The molecule has 0 aliphatic heterocycles. The Morgan fingerprint density at radius 2 is 1.81 bits per heavy atom. The summed E-state index contributed by atoms with van der Waals surface area (Å²) in [4.78, 5) is 22.0. The molecule has 1 aliphatic rings. The van der Waals surface area contributed by atoms with Gasteiger partial charge in [-0.25, -0.2) is 4.79 Å². The van der Waals surface area contributed by atoms with Gasteiger partial charge in [-0.15, -0.1) is 0 Å². The standard InChI is InChI=1S/C11H20N2O3/c1-7(2)10(14)13-8-3-5-9(6-4-8)16-11(12)15/h7-9H,3-6H2,1-2H3,(H2,12,15)(H,13,14). The van der Waals surface area contributed by atoms with E-state index in [-0.39, 0.29) is 24.0 Å². The molecule has 0 radical (unpaired) electrons. The second-order valence-electron chi connectivity index (χ2n) is 4.57. The topological polar surface area (TPSA) is 81.4 Å². The zero-order valence-electron chi connectivity index (χ0n) is 9.86. The summed E-state index contributed by atoms with van der Waals surface area (Å²) in [7, 11) is 0. The molecule has 1 fully saturated rings. The van der Waals surface area contributed by atoms with Crippen LogP contribution in [0.25, 0.3) is 0 Å². The van der Waals surface area contributed by atoms with E-state index in [0.717, 1.165) is 25.7 Å². The van der Waals surface area contributed by atoms with E-state index in [1.54, 1.807) is 0 Å². The smallest absolute Gasteiger partial charge is 0.404 e. The van der Waals surface area contributed by atoms with Crippen LogP contribution in [-0.2, 0) is 9.53 Å². The van der Waals surface area contributed by atoms with Gasteiger partial charge < -0.3 is 15.8 Å². The first-order valence-electron chi connectivity index (χ1n) is 5.75. The van der Waals surface area contributed by atoms with Gasteiger partial charge in [0.05, 0.1) is 0 Å². The van der Waals surface area contributed by atoms with Crippen molar-refractivity contribution in [3.05, 3.63) is 0 Å². The molecule has 1 aliphatic carbocycles. The van der Waals surface area contributed by atoms with Crippen molar-refractivity contribution >= 4 is 12.0 Å². The summed E-state index contributed by atoms with van der Waals surface area (Å²) in [5.41, 5.74) is 4.95. The number of rotatable bonds is 3. The van der Waals surface area contributed by atoms with E-state index < -0.39 is 6.09 Å². The zero-order chi connectivity index (χ0) is 12.1. The molecule has 92 valence electrons. The number of ether oxygens (including phenoxy) is 1. The second kappa shape index (κ2) is 5.72. The number of hydrogen-bond donors (Lipinski definition) is 2. The monoisotopic (exact) mass is 228 g/mol. The quantitative estimate of drug-likeness (QED) is 0.760. The highest BCUT2D eigenvalue weighted by Gasteiger charge is 2.24. The highest BCUT2D eigenvalue weighted by Crippen LogP contribution is 2.21. The molecular weight excluding hydrogens is 208 g/mol. The van der Waals surface area contributed by atoms with Crippen molar-refractivity contribution in [1.29, 1.82) is 0 Å². The highest BCUT2D eigenvalue weighted by atomic mass is 16.6. The van der Waals surface area contributed by atoms with Crippen LogP contribution in [0.3, 0.4) is 0 Å². The summed E-state index contributed by atoms with van der Waals surface area (Å²) < 4.78 is 4.92. The van der Waals surface area contributed by atoms with Gasteiger partial charge in [-0.2, -0.15) is 0 Å². The Labute approximate surface area is 95.7 Å². The van der Waals surface area contributed by atoms with Crippen LogP contribution in [-0.4, -0.2) is 24.1 Å². The van der Waals surface area contributed by atoms with Crippen molar-refractivity contribution in [2.45, 2.75) is 51.7 Å². The van der Waals surface area contributed by atoms with E-state index in [4.69, 9.17) is 10.5 Å². The van der Waals surface area contributed by atoms with Crippen LogP contribution in [0, 0.1) is 5.92 Å². The van der Waals surface area contributed by atoms with Gasteiger partial charge in [0.2, 0.25) is 5.91 Å². The summed E-state index contributed by atoms with van der Waals surface area (Å²) in [6, 6.07) is 0.211. The van der Waals surface area contributed by atoms with Gasteiger partial charge in [0, 0.05) is 12.0 Å². The number of primary amides is 1. The lowest BCUT2D eigenvalue weighted by Crippen LogP contribution is -2.41. The van der Waals surface area contributed by atoms with Crippen molar-refractivity contribution < 1.29 is 14.3 Å². The lowest BCUT2D eigenvalue weighted by molar-refractivity contribution is -0.125. The molecule has 3 N–H and O–H groups in total. The Hall–Kier alpha value is -1.26. The van der Waals surface area contributed by atoms with Crippen LogP contribution in [0.1, 0.15) is 39.5 Å². The number of carbonyl (C=O) groups excluding carboxylic acids is 2. The third-order valence-corrected chi connectivity index (χ3v) is 2.83. The molecule has 0 spiro atoms. The molecule has 0 unspecified atom stereocenters. The Morgan fingerprint density at radius 3 is 2.25 bits per heavy atom. The maximum Gasteiger partial charge on any atom is 0.404 e. The Morgan fingerprint density at radius 1 is 1.25 bits per heavy atom. The molecule has 5 heteroatoms. The lowest BCUT2D eigenvalue weighted by Gasteiger charge is -2.28. The van der Waals surface area contributed by atoms with E-state index in [9.17, 15) is 9.59 Å². The fourth-order valence-electron chi connectivity index (χ4n) is 1.86. The van der Waals surface area contributed by atoms with Crippen LogP contribution >= 0.6 is 0 Å². The minimum Gasteiger partial charge on any atom is -0.446 e. The van der Waals surface area contributed by atoms with Gasteiger partial charge in [-0.05, 0) is 25.7 Å². The fraction of sp³-hybridized carbons (Fsp3) is 0.818. The third kappa shape index (κ3) is 4.08. The molecule has 0 aromatic heterocycles. The van der Waals surface area contributed by atoms with E-state index in [1.807, 2.05) is 13.8 Å². The highest BCUT2D eigenvalue weighted by molar-refractivity contribution is 5.78. The van der Waals surface area contributed by atoms with Crippen molar-refractivity contribution in [2.24, 2.45) is 11.7 Å². The molecule has 2 amide bonds. The Bertz CT molecular complexity index is 258. The average molecular weight is 228 g/mol. The van der Waals surface area contributed by atoms with Crippen LogP contribution in [0.2, 0.25) is 0 Å². The van der Waals surface area contributed by atoms with Crippen molar-refractivity contribution in [2.75, 3.05) is 0 Å². The molecule has 0 heterocycles. The SMILES string of the molecule is CC(C)C(=O)NC1CCC(OC(N)=O)CC1. The van der Waals surface area contributed by atoms with Crippen molar-refractivity contribution in [1.82, 2.24) is 5.32 Å². The average Bonchev–Trinajstić information content (AvgIpc) is 2.20. The summed E-state index contributed by atoms with van der Waals surface area (Å²) >= 11 is 0. The summed E-state index contributed by atoms with van der Waals surface area (Å²) in [6.07, 6.45) is 2.43. The number of nitrogens with two attached hydrogens (primary N) is 1. The molecular formula is C11H20N2O3. The maximum absolute atomic E-state index is 11.5. The minimum absolute atomic E-state index is 0.0135. The Kier molecular flexibility index (Phi) is 4.58. The predicted molar refractivity (Wildman–Crippen MR) is 59.7 cm³/mol. The van der Waals surface area contributed by atoms with Crippen molar-refractivity contribution in [3.8, 4) is 0 Å². The number of carbonyl (C=O) groups is 2. The van der Waals surface area contributed by atoms with Crippen molar-refractivity contribution in [3.63, 3.8) is 0 Å². The van der Waals surface area contributed by atoms with Gasteiger partial charge in [0.1, 0.15) is 6.10 Å². The first-order valence-corrected chi connectivity index (χ1v) is 5.75. The first-order chi connectivity index (χ1) is 7.49. The third-order valence-electron chi connectivity index (χ3n) is 2.83. The van der Waals surface area contributed by atoms with Gasteiger partial charge in [-0.1, -0.05) is 13.8 Å². The van der Waals surface area contributed by atoms with Gasteiger partial charge in [-0.3, -0.25) is 4.79 Å². The molecule has 1 saturated carbocycles. The zero-order valence-corrected chi connectivity index (χ0v) is 9.86. The predicted octanol–water partition coefficient (Wildman–Crippen LogP) is 1.17. The molecule has 5 nitrogen and oxygen atoms in total. The van der Waals surface area contributed by atoms with Gasteiger partial charge >= 0.3 is 6.09 Å². The summed E-state index contributed by atoms with van der Waals surface area (Å²) in [5.74, 6) is 0.0962. The summed E-state index contributed by atoms with van der Waals surface area (Å²) in [6.45, 7) is 3.74. The Balaban J connectivity index is 2.27. The first kappa shape index (κ1) is 12.8. The molecule has 0 aromatic rings. The molecule has 0 saturated heterocycles. The maximum atomic E-state index is 11.5. The summed E-state index contributed by atoms with van der Waals surface area (Å²) in [5, 5.41) is 2.98. The second-order valence-corrected chi connectivity index (χ2v) is 4.57. The molecule has 1 rings (SSSR count). The van der Waals surface area contributed by atoms with Crippen LogP contribution in [0.15, 0.2) is 0 Å². The van der Waals surface area contributed by atoms with Crippen LogP contribution < -0.4 is 11.1 Å². The molecule has 0 aromatic carbocycles. The van der Waals surface area contributed by atoms with E-state index in [0.29, 0.717) is 0 Å². The van der Waals surface area contributed by atoms with E-state index >= 15 is 0 Å². The molecule has 16 heavy (non-hydrogen) atoms. The fourth-order valence-corrected chi connectivity index (χ4v) is 1.86. The normalized spacial score (nSPS) is 25.2. The largest absolute Gasteiger partial charge is 0.446 e. The molecule has 0 atom stereocenters. The minimum atomic E-state index is -0.713. The number of nitrogens with one attached hydrogen (secondary N) is 1. The van der Waals surface area contributed by atoms with Gasteiger partial charge in [0.25, 0.3) is 0 Å². The van der Waals surface area contributed by atoms with E-state index in [1.165, 1.54) is 0 Å². The molecule has 0 bridgehead atoms. The lowest BCUT2D eigenvalue weighted by atomic mass is 9.92. The van der Waals surface area contributed by atoms with E-state index in [2.05, 4.69) is 5.32 Å². The number of amides is 2. The number of hydrogen-bond acceptors (Lipinski definition) is 3. The van der Waals surface area contributed by atoms with Crippen LogP contribution in [0.4, 0.5) is 4.79 Å². The van der Waals surface area contributed by atoms with Crippen LogP contribution in [0.5, 0.6) is 0 Å².